The number of thiophene rings is 1. The van der Waals surface area contributed by atoms with Crippen LogP contribution < -0.4 is 5.32 Å². The third-order valence-corrected chi connectivity index (χ3v) is 3.34. The van der Waals surface area contributed by atoms with Crippen LogP contribution in [-0.4, -0.2) is 24.3 Å². The van der Waals surface area contributed by atoms with Crippen molar-refractivity contribution in [2.75, 3.05) is 13.6 Å². The van der Waals surface area contributed by atoms with E-state index in [9.17, 15) is 5.11 Å². The van der Waals surface area contributed by atoms with Crippen molar-refractivity contribution in [1.82, 2.24) is 5.32 Å². The Kier molecular flexibility index (Phi) is 4.58. The second-order valence-electron chi connectivity index (χ2n) is 3.93. The van der Waals surface area contributed by atoms with Gasteiger partial charge in [-0.25, -0.2) is 0 Å². The number of rotatable bonds is 6. The molecule has 1 rings (SSSR count). The smallest absolute Gasteiger partial charge is 0.0635 e. The molecule has 0 aliphatic heterocycles. The highest BCUT2D eigenvalue weighted by Gasteiger charge is 2.19. The Bertz CT molecular complexity index is 244. The van der Waals surface area contributed by atoms with Gasteiger partial charge in [0, 0.05) is 4.88 Å². The van der Waals surface area contributed by atoms with E-state index in [0.717, 1.165) is 25.8 Å². The van der Waals surface area contributed by atoms with Gasteiger partial charge in [-0.1, -0.05) is 6.07 Å². The molecule has 0 amide bonds. The summed E-state index contributed by atoms with van der Waals surface area (Å²) in [7, 11) is 1.91. The molecule has 1 unspecified atom stereocenters. The molecule has 2 N–H and O–H groups in total. The largest absolute Gasteiger partial charge is 0.390 e. The molecule has 0 saturated carbocycles. The Morgan fingerprint density at radius 3 is 2.86 bits per heavy atom. The van der Waals surface area contributed by atoms with E-state index in [1.54, 1.807) is 11.3 Å². The van der Waals surface area contributed by atoms with Crippen LogP contribution in [0, 0.1) is 0 Å². The number of hydrogen-bond donors (Lipinski definition) is 2. The van der Waals surface area contributed by atoms with E-state index in [2.05, 4.69) is 22.8 Å². The maximum Gasteiger partial charge on any atom is 0.0635 e. The van der Waals surface area contributed by atoms with Crippen molar-refractivity contribution in [3.8, 4) is 0 Å². The summed E-state index contributed by atoms with van der Waals surface area (Å²) >= 11 is 1.76. The average Bonchev–Trinajstić information content (AvgIpc) is 2.64. The van der Waals surface area contributed by atoms with E-state index in [1.165, 1.54) is 4.88 Å². The lowest BCUT2D eigenvalue weighted by Crippen LogP contribution is -2.29. The molecule has 0 spiro atoms. The van der Waals surface area contributed by atoms with Gasteiger partial charge in [0.15, 0.2) is 0 Å². The highest BCUT2D eigenvalue weighted by atomic mass is 32.1. The van der Waals surface area contributed by atoms with Crippen LogP contribution in [0.5, 0.6) is 0 Å². The molecule has 1 aromatic rings. The van der Waals surface area contributed by atoms with Crippen molar-refractivity contribution < 1.29 is 5.11 Å². The Morgan fingerprint density at radius 1 is 1.50 bits per heavy atom. The monoisotopic (exact) mass is 213 g/mol. The molecule has 80 valence electrons. The number of hydrogen-bond acceptors (Lipinski definition) is 3. The van der Waals surface area contributed by atoms with Crippen molar-refractivity contribution in [3.05, 3.63) is 22.4 Å². The summed E-state index contributed by atoms with van der Waals surface area (Å²) in [5.41, 5.74) is -0.535. The first-order valence-electron chi connectivity index (χ1n) is 5.03. The van der Waals surface area contributed by atoms with Crippen molar-refractivity contribution >= 4 is 11.3 Å². The fraction of sp³-hybridized carbons (Fsp3) is 0.636. The average molecular weight is 213 g/mol. The van der Waals surface area contributed by atoms with Crippen LogP contribution in [0.4, 0.5) is 0 Å². The van der Waals surface area contributed by atoms with Crippen molar-refractivity contribution in [2.24, 2.45) is 0 Å². The van der Waals surface area contributed by atoms with Gasteiger partial charge < -0.3 is 10.4 Å². The molecule has 1 atom stereocenters. The number of aryl methyl sites for hydroxylation is 1. The van der Waals surface area contributed by atoms with Crippen molar-refractivity contribution in [1.29, 1.82) is 0 Å². The molecule has 0 fully saturated rings. The van der Waals surface area contributed by atoms with Crippen LogP contribution >= 0.6 is 11.3 Å². The molecule has 0 aromatic carbocycles. The lowest BCUT2D eigenvalue weighted by molar-refractivity contribution is 0.0433. The predicted octanol–water partition coefficient (Wildman–Crippen LogP) is 2.04. The van der Waals surface area contributed by atoms with Crippen LogP contribution in [-0.2, 0) is 6.42 Å². The van der Waals surface area contributed by atoms with E-state index in [0.29, 0.717) is 0 Å². The van der Waals surface area contributed by atoms with Gasteiger partial charge in [0.2, 0.25) is 0 Å². The number of nitrogens with one attached hydrogen (secondary N) is 1. The van der Waals surface area contributed by atoms with E-state index < -0.39 is 5.60 Å². The summed E-state index contributed by atoms with van der Waals surface area (Å²) in [5, 5.41) is 15.1. The number of aliphatic hydroxyl groups is 1. The lowest BCUT2D eigenvalue weighted by Gasteiger charge is -2.22. The molecule has 14 heavy (non-hydrogen) atoms. The van der Waals surface area contributed by atoms with Crippen molar-refractivity contribution in [2.45, 2.75) is 31.8 Å². The zero-order chi connectivity index (χ0) is 10.4. The summed E-state index contributed by atoms with van der Waals surface area (Å²) < 4.78 is 0. The molecule has 0 saturated heterocycles. The first-order valence-corrected chi connectivity index (χ1v) is 5.91. The minimum absolute atomic E-state index is 0.535. The van der Waals surface area contributed by atoms with E-state index >= 15 is 0 Å². The van der Waals surface area contributed by atoms with Crippen LogP contribution in [0.2, 0.25) is 0 Å². The van der Waals surface area contributed by atoms with Gasteiger partial charge in [0.05, 0.1) is 5.60 Å². The standard InChI is InChI=1S/C11H19NOS/c1-11(13,7-8-12-2)6-5-10-4-3-9-14-10/h3-4,9,12-13H,5-8H2,1-2H3. The summed E-state index contributed by atoms with van der Waals surface area (Å²) in [6, 6.07) is 4.18. The summed E-state index contributed by atoms with van der Waals surface area (Å²) in [5.74, 6) is 0. The quantitative estimate of drug-likeness (QED) is 0.758. The maximum absolute atomic E-state index is 10.0. The summed E-state index contributed by atoms with van der Waals surface area (Å²) in [6.45, 7) is 2.79. The van der Waals surface area contributed by atoms with E-state index in [-0.39, 0.29) is 0 Å². The summed E-state index contributed by atoms with van der Waals surface area (Å²) in [6.07, 6.45) is 2.64. The predicted molar refractivity (Wildman–Crippen MR) is 61.8 cm³/mol. The minimum atomic E-state index is -0.535. The Hall–Kier alpha value is -0.380. The van der Waals surface area contributed by atoms with Gasteiger partial charge in [0.25, 0.3) is 0 Å². The molecule has 0 radical (unpaired) electrons. The van der Waals surface area contributed by atoms with Crippen LogP contribution in [0.25, 0.3) is 0 Å². The molecule has 2 nitrogen and oxygen atoms in total. The molecule has 3 heteroatoms. The first-order chi connectivity index (χ1) is 6.64. The zero-order valence-electron chi connectivity index (χ0n) is 8.92. The van der Waals surface area contributed by atoms with Crippen LogP contribution in [0.15, 0.2) is 17.5 Å². The van der Waals surface area contributed by atoms with E-state index in [4.69, 9.17) is 0 Å². The first kappa shape index (κ1) is 11.7. The molecular weight excluding hydrogens is 194 g/mol. The Morgan fingerprint density at radius 2 is 2.29 bits per heavy atom. The van der Waals surface area contributed by atoms with Gasteiger partial charge in [-0.05, 0) is 51.2 Å². The Labute approximate surface area is 90.0 Å². The van der Waals surface area contributed by atoms with Gasteiger partial charge in [-0.2, -0.15) is 0 Å². The van der Waals surface area contributed by atoms with Crippen LogP contribution in [0.1, 0.15) is 24.6 Å². The Balaban J connectivity index is 2.28. The fourth-order valence-corrected chi connectivity index (χ4v) is 2.08. The topological polar surface area (TPSA) is 32.3 Å². The molecule has 0 aliphatic carbocycles. The molecule has 0 aliphatic rings. The SMILES string of the molecule is CNCCC(C)(O)CCc1cccs1. The van der Waals surface area contributed by atoms with Gasteiger partial charge in [-0.15, -0.1) is 11.3 Å². The maximum atomic E-state index is 10.0. The third-order valence-electron chi connectivity index (χ3n) is 2.40. The van der Waals surface area contributed by atoms with Crippen LogP contribution in [0.3, 0.4) is 0 Å². The minimum Gasteiger partial charge on any atom is -0.390 e. The third kappa shape index (κ3) is 4.22. The second-order valence-corrected chi connectivity index (χ2v) is 4.96. The van der Waals surface area contributed by atoms with E-state index in [1.807, 2.05) is 14.0 Å². The highest BCUT2D eigenvalue weighted by molar-refractivity contribution is 7.09. The van der Waals surface area contributed by atoms with Gasteiger partial charge in [0.1, 0.15) is 0 Å². The van der Waals surface area contributed by atoms with Gasteiger partial charge in [-0.3, -0.25) is 0 Å². The normalized spacial score (nSPS) is 15.4. The van der Waals surface area contributed by atoms with Gasteiger partial charge >= 0.3 is 0 Å². The molecule has 1 aromatic heterocycles. The zero-order valence-corrected chi connectivity index (χ0v) is 9.73. The fourth-order valence-electron chi connectivity index (χ4n) is 1.37. The molecular formula is C11H19NOS. The lowest BCUT2D eigenvalue weighted by atomic mass is 9.96. The molecule has 1 heterocycles. The second kappa shape index (κ2) is 5.49. The summed E-state index contributed by atoms with van der Waals surface area (Å²) in [4.78, 5) is 1.36. The molecule has 0 bridgehead atoms. The van der Waals surface area contributed by atoms with Crippen molar-refractivity contribution in [3.63, 3.8) is 0 Å². The highest BCUT2D eigenvalue weighted by Crippen LogP contribution is 2.19.